The Hall–Kier alpha value is -3.73. The fourth-order valence-corrected chi connectivity index (χ4v) is 2.98. The topological polar surface area (TPSA) is 74.8 Å². The zero-order valence-electron chi connectivity index (χ0n) is 14.7. The molecule has 0 aliphatic heterocycles. The van der Waals surface area contributed by atoms with Crippen LogP contribution in [0.3, 0.4) is 0 Å². The number of nitrogens with one attached hydrogen (secondary N) is 2. The molecule has 4 aromatic rings. The van der Waals surface area contributed by atoms with E-state index in [1.165, 1.54) is 0 Å². The molecule has 1 aromatic heterocycles. The molecule has 4 rings (SSSR count). The summed E-state index contributed by atoms with van der Waals surface area (Å²) in [5.74, 6) is 0.315. The van der Waals surface area contributed by atoms with Crippen LogP contribution in [0.4, 0.5) is 5.82 Å². The van der Waals surface area contributed by atoms with E-state index >= 15 is 0 Å². The highest BCUT2D eigenvalue weighted by molar-refractivity contribution is 6.08. The SMILES string of the molecule is CC(=O)c1cccc(-c2ccc3c(NC(=O)c4ccccc4)n[nH]c3c2)c1. The summed E-state index contributed by atoms with van der Waals surface area (Å²) in [5.41, 5.74) is 3.98. The molecule has 0 radical (unpaired) electrons. The van der Waals surface area contributed by atoms with Gasteiger partial charge in [-0.25, -0.2) is 0 Å². The number of benzene rings is 3. The van der Waals surface area contributed by atoms with Gasteiger partial charge in [0.1, 0.15) is 0 Å². The van der Waals surface area contributed by atoms with E-state index in [2.05, 4.69) is 15.5 Å². The van der Waals surface area contributed by atoms with Gasteiger partial charge in [0.05, 0.1) is 5.52 Å². The van der Waals surface area contributed by atoms with Crippen molar-refractivity contribution in [3.05, 3.63) is 83.9 Å². The van der Waals surface area contributed by atoms with Gasteiger partial charge in [-0.1, -0.05) is 42.5 Å². The summed E-state index contributed by atoms with van der Waals surface area (Å²) in [5, 5.41) is 10.9. The maximum atomic E-state index is 12.3. The van der Waals surface area contributed by atoms with Gasteiger partial charge in [0, 0.05) is 16.5 Å². The van der Waals surface area contributed by atoms with Crippen LogP contribution in [0.2, 0.25) is 0 Å². The molecule has 3 aromatic carbocycles. The van der Waals surface area contributed by atoms with Gasteiger partial charge in [-0.2, -0.15) is 5.10 Å². The van der Waals surface area contributed by atoms with Crippen LogP contribution < -0.4 is 5.32 Å². The first-order chi connectivity index (χ1) is 13.1. The monoisotopic (exact) mass is 355 g/mol. The number of hydrogen-bond donors (Lipinski definition) is 2. The number of hydrogen-bond acceptors (Lipinski definition) is 3. The van der Waals surface area contributed by atoms with Crippen molar-refractivity contribution in [3.63, 3.8) is 0 Å². The number of aromatic nitrogens is 2. The molecule has 0 spiro atoms. The molecular formula is C22H17N3O2. The predicted molar refractivity (Wildman–Crippen MR) is 106 cm³/mol. The molecule has 1 amide bonds. The van der Waals surface area contributed by atoms with Gasteiger partial charge in [0.2, 0.25) is 0 Å². The zero-order chi connectivity index (χ0) is 18.8. The number of carbonyl (C=O) groups excluding carboxylic acids is 2. The highest BCUT2D eigenvalue weighted by atomic mass is 16.1. The molecule has 0 fully saturated rings. The molecule has 0 saturated heterocycles. The first kappa shape index (κ1) is 16.7. The van der Waals surface area contributed by atoms with E-state index in [1.54, 1.807) is 25.1 Å². The third-order valence-electron chi connectivity index (χ3n) is 4.43. The van der Waals surface area contributed by atoms with Crippen molar-refractivity contribution in [1.29, 1.82) is 0 Å². The summed E-state index contributed by atoms with van der Waals surface area (Å²) < 4.78 is 0. The number of anilines is 1. The second-order valence-electron chi connectivity index (χ2n) is 6.29. The molecule has 0 saturated carbocycles. The second-order valence-corrected chi connectivity index (χ2v) is 6.29. The van der Waals surface area contributed by atoms with Gasteiger partial charge in [0.15, 0.2) is 11.6 Å². The van der Waals surface area contributed by atoms with Gasteiger partial charge in [-0.15, -0.1) is 0 Å². The molecule has 132 valence electrons. The van der Waals surface area contributed by atoms with Gasteiger partial charge in [0.25, 0.3) is 5.91 Å². The minimum absolute atomic E-state index is 0.0328. The van der Waals surface area contributed by atoms with Crippen LogP contribution >= 0.6 is 0 Å². The van der Waals surface area contributed by atoms with Gasteiger partial charge < -0.3 is 5.32 Å². The summed E-state index contributed by atoms with van der Waals surface area (Å²) in [6.07, 6.45) is 0. The predicted octanol–water partition coefficient (Wildman–Crippen LogP) is 4.68. The largest absolute Gasteiger partial charge is 0.305 e. The van der Waals surface area contributed by atoms with Crippen molar-refractivity contribution < 1.29 is 9.59 Å². The van der Waals surface area contributed by atoms with Crippen LogP contribution in [-0.2, 0) is 0 Å². The highest BCUT2D eigenvalue weighted by Crippen LogP contribution is 2.28. The van der Waals surface area contributed by atoms with Crippen molar-refractivity contribution in [2.24, 2.45) is 0 Å². The number of Topliss-reactive ketones (excluding diaryl/α,β-unsaturated/α-hetero) is 1. The number of aromatic amines is 1. The number of rotatable bonds is 4. The summed E-state index contributed by atoms with van der Waals surface area (Å²) in [6.45, 7) is 1.55. The lowest BCUT2D eigenvalue weighted by Crippen LogP contribution is -2.12. The fraction of sp³-hybridized carbons (Fsp3) is 0.0455. The molecule has 5 heteroatoms. The normalized spacial score (nSPS) is 10.7. The average Bonchev–Trinajstić information content (AvgIpc) is 3.10. The molecule has 0 atom stereocenters. The average molecular weight is 355 g/mol. The molecule has 0 aliphatic rings. The summed E-state index contributed by atoms with van der Waals surface area (Å²) >= 11 is 0. The van der Waals surface area contributed by atoms with E-state index in [4.69, 9.17) is 0 Å². The second kappa shape index (κ2) is 6.88. The van der Waals surface area contributed by atoms with Crippen LogP contribution in [0, 0.1) is 0 Å². The molecule has 0 unspecified atom stereocenters. The van der Waals surface area contributed by atoms with Crippen molar-refractivity contribution >= 4 is 28.4 Å². The Balaban J connectivity index is 1.65. The lowest BCUT2D eigenvalue weighted by atomic mass is 10.0. The molecule has 0 bridgehead atoms. The van der Waals surface area contributed by atoms with E-state index < -0.39 is 0 Å². The maximum Gasteiger partial charge on any atom is 0.256 e. The number of ketones is 1. The number of H-pyrrole nitrogens is 1. The molecular weight excluding hydrogens is 338 g/mol. The standard InChI is InChI=1S/C22H17N3O2/c1-14(26)16-8-5-9-17(12-16)18-10-11-19-20(13-18)24-25-21(19)23-22(27)15-6-3-2-4-7-15/h2-13H,1H3,(H2,23,24,25,27). The van der Waals surface area contributed by atoms with E-state index in [0.29, 0.717) is 16.9 Å². The minimum Gasteiger partial charge on any atom is -0.305 e. The van der Waals surface area contributed by atoms with Gasteiger partial charge in [-0.05, 0) is 48.4 Å². The third kappa shape index (κ3) is 3.35. The van der Waals surface area contributed by atoms with Crippen LogP contribution in [-0.4, -0.2) is 21.9 Å². The molecule has 2 N–H and O–H groups in total. The minimum atomic E-state index is -0.206. The van der Waals surface area contributed by atoms with Crippen LogP contribution in [0.5, 0.6) is 0 Å². The Bertz CT molecular complexity index is 1150. The maximum absolute atomic E-state index is 12.3. The number of nitrogens with zero attached hydrogens (tertiary/aromatic N) is 1. The van der Waals surface area contributed by atoms with E-state index in [0.717, 1.165) is 22.0 Å². The first-order valence-corrected chi connectivity index (χ1v) is 8.58. The smallest absolute Gasteiger partial charge is 0.256 e. The number of carbonyl (C=O) groups is 2. The first-order valence-electron chi connectivity index (χ1n) is 8.58. The molecule has 27 heavy (non-hydrogen) atoms. The van der Waals surface area contributed by atoms with Crippen LogP contribution in [0.25, 0.3) is 22.0 Å². The Morgan fingerprint density at radius 2 is 1.59 bits per heavy atom. The molecule has 5 nitrogen and oxygen atoms in total. The summed E-state index contributed by atoms with van der Waals surface area (Å²) in [7, 11) is 0. The fourth-order valence-electron chi connectivity index (χ4n) is 2.98. The molecule has 0 aliphatic carbocycles. The zero-order valence-corrected chi connectivity index (χ0v) is 14.7. The highest BCUT2D eigenvalue weighted by Gasteiger charge is 2.12. The van der Waals surface area contributed by atoms with E-state index in [1.807, 2.05) is 54.6 Å². The Morgan fingerprint density at radius 3 is 2.37 bits per heavy atom. The van der Waals surface area contributed by atoms with E-state index in [-0.39, 0.29) is 11.7 Å². The Labute approximate surface area is 156 Å². The van der Waals surface area contributed by atoms with Crippen molar-refractivity contribution in [2.75, 3.05) is 5.32 Å². The van der Waals surface area contributed by atoms with Gasteiger partial charge >= 0.3 is 0 Å². The van der Waals surface area contributed by atoms with Crippen molar-refractivity contribution in [2.45, 2.75) is 6.92 Å². The van der Waals surface area contributed by atoms with Crippen LogP contribution in [0.1, 0.15) is 27.6 Å². The number of fused-ring (bicyclic) bond motifs is 1. The van der Waals surface area contributed by atoms with Gasteiger partial charge in [-0.3, -0.25) is 14.7 Å². The lowest BCUT2D eigenvalue weighted by Gasteiger charge is -2.05. The Morgan fingerprint density at radius 1 is 0.852 bits per heavy atom. The van der Waals surface area contributed by atoms with E-state index in [9.17, 15) is 9.59 Å². The summed E-state index contributed by atoms with van der Waals surface area (Å²) in [4.78, 5) is 24.0. The van der Waals surface area contributed by atoms with Crippen molar-refractivity contribution in [3.8, 4) is 11.1 Å². The quantitative estimate of drug-likeness (QED) is 0.522. The van der Waals surface area contributed by atoms with Crippen LogP contribution in [0.15, 0.2) is 72.8 Å². The third-order valence-corrected chi connectivity index (χ3v) is 4.43. The summed E-state index contributed by atoms with van der Waals surface area (Å²) in [6, 6.07) is 22.3. The number of amides is 1. The molecule has 1 heterocycles. The van der Waals surface area contributed by atoms with Crippen molar-refractivity contribution in [1.82, 2.24) is 10.2 Å². The Kier molecular flexibility index (Phi) is 4.26. The lowest BCUT2D eigenvalue weighted by molar-refractivity contribution is 0.101.